The number of aromatic nitrogens is 1. The van der Waals surface area contributed by atoms with E-state index < -0.39 is 0 Å². The first kappa shape index (κ1) is 20.4. The number of hydrogen-bond donors (Lipinski definition) is 2. The zero-order valence-electron chi connectivity index (χ0n) is 17.7. The SMILES string of the molecule is COc1ccc(C[NH+]2CC[NH+](Cc3ccc[nH+]c3)CC2)cc1OCc1ccccc1. The molecular weight excluding hydrogens is 374 g/mol. The standard InChI is InChI=1S/C25H29N3O2/c1-29-24-10-9-22(16-25(24)30-20-21-6-3-2-4-7-21)18-27-12-14-28(15-13-27)19-23-8-5-11-26-17-23/h2-11,16-17H,12-15,18-20H2,1H3/p+3. The highest BCUT2D eigenvalue weighted by atomic mass is 16.5. The normalized spacial score (nSPS) is 18.7. The van der Waals surface area contributed by atoms with Gasteiger partial charge in [0.2, 0.25) is 0 Å². The first-order chi connectivity index (χ1) is 14.8. The number of nitrogens with one attached hydrogen (secondary N) is 3. The summed E-state index contributed by atoms with van der Waals surface area (Å²) >= 11 is 0. The molecule has 5 heteroatoms. The Morgan fingerprint density at radius 2 is 1.47 bits per heavy atom. The van der Waals surface area contributed by atoms with Gasteiger partial charge in [0.05, 0.1) is 12.7 Å². The van der Waals surface area contributed by atoms with E-state index in [-0.39, 0.29) is 0 Å². The van der Waals surface area contributed by atoms with E-state index in [1.165, 1.54) is 37.3 Å². The number of methoxy groups -OCH3 is 1. The van der Waals surface area contributed by atoms with Crippen molar-refractivity contribution in [3.63, 3.8) is 0 Å². The third-order valence-electron chi connectivity index (χ3n) is 5.81. The van der Waals surface area contributed by atoms with Crippen molar-refractivity contribution in [3.05, 3.63) is 89.7 Å². The molecule has 4 rings (SSSR count). The second-order valence-electron chi connectivity index (χ2n) is 8.02. The summed E-state index contributed by atoms with van der Waals surface area (Å²) in [7, 11) is 1.70. The molecular formula is C25H32N3O2+3. The second-order valence-corrected chi connectivity index (χ2v) is 8.02. The third-order valence-corrected chi connectivity index (χ3v) is 5.81. The summed E-state index contributed by atoms with van der Waals surface area (Å²) in [6.45, 7) is 7.47. The van der Waals surface area contributed by atoms with E-state index in [0.29, 0.717) is 6.61 Å². The van der Waals surface area contributed by atoms with E-state index in [2.05, 4.69) is 47.6 Å². The van der Waals surface area contributed by atoms with Gasteiger partial charge in [0.25, 0.3) is 0 Å². The Bertz CT molecular complexity index is 910. The molecule has 1 aliphatic rings. The number of hydrogen-bond acceptors (Lipinski definition) is 2. The molecule has 1 aliphatic heterocycles. The summed E-state index contributed by atoms with van der Waals surface area (Å²) in [5.41, 5.74) is 3.84. The Hall–Kier alpha value is -2.89. The second kappa shape index (κ2) is 10.2. The zero-order valence-corrected chi connectivity index (χ0v) is 17.7. The minimum absolute atomic E-state index is 0.548. The van der Waals surface area contributed by atoms with Crippen molar-refractivity contribution in [3.8, 4) is 11.5 Å². The maximum atomic E-state index is 6.09. The molecule has 0 bridgehead atoms. The number of rotatable bonds is 8. The lowest BCUT2D eigenvalue weighted by molar-refractivity contribution is -1.02. The average Bonchev–Trinajstić information content (AvgIpc) is 2.80. The summed E-state index contributed by atoms with van der Waals surface area (Å²) in [5, 5.41) is 0. The molecule has 0 radical (unpaired) electrons. The van der Waals surface area contributed by atoms with Crippen molar-refractivity contribution >= 4 is 0 Å². The molecule has 3 aromatic rings. The first-order valence-electron chi connectivity index (χ1n) is 10.8. The van der Waals surface area contributed by atoms with Crippen LogP contribution in [0.5, 0.6) is 11.5 Å². The number of benzene rings is 2. The molecule has 0 amide bonds. The lowest BCUT2D eigenvalue weighted by Crippen LogP contribution is -3.27. The van der Waals surface area contributed by atoms with E-state index in [1.807, 2.05) is 30.5 Å². The highest BCUT2D eigenvalue weighted by Crippen LogP contribution is 2.28. The number of aromatic amines is 1. The number of H-pyrrole nitrogens is 1. The van der Waals surface area contributed by atoms with E-state index in [1.54, 1.807) is 16.9 Å². The number of ether oxygens (including phenoxy) is 2. The van der Waals surface area contributed by atoms with Crippen LogP contribution in [0, 0.1) is 0 Å². The van der Waals surface area contributed by atoms with Gasteiger partial charge in [0, 0.05) is 11.6 Å². The van der Waals surface area contributed by atoms with Crippen LogP contribution in [-0.2, 0) is 19.7 Å². The van der Waals surface area contributed by atoms with Gasteiger partial charge in [-0.15, -0.1) is 0 Å². The maximum Gasteiger partial charge on any atom is 0.175 e. The minimum Gasteiger partial charge on any atom is -0.493 e. The topological polar surface area (TPSA) is 41.5 Å². The van der Waals surface area contributed by atoms with Crippen molar-refractivity contribution in [2.45, 2.75) is 19.7 Å². The Labute approximate surface area is 178 Å². The van der Waals surface area contributed by atoms with Crippen LogP contribution in [0.4, 0.5) is 0 Å². The predicted molar refractivity (Wildman–Crippen MR) is 116 cm³/mol. The van der Waals surface area contributed by atoms with E-state index in [4.69, 9.17) is 9.47 Å². The molecule has 2 aromatic carbocycles. The Morgan fingerprint density at radius 1 is 0.767 bits per heavy atom. The molecule has 1 saturated heterocycles. The van der Waals surface area contributed by atoms with Gasteiger partial charge in [-0.1, -0.05) is 30.3 Å². The lowest BCUT2D eigenvalue weighted by Gasteiger charge is -2.29. The Balaban J connectivity index is 1.32. The van der Waals surface area contributed by atoms with Crippen LogP contribution in [0.2, 0.25) is 0 Å². The molecule has 0 unspecified atom stereocenters. The summed E-state index contributed by atoms with van der Waals surface area (Å²) < 4.78 is 11.6. The molecule has 3 N–H and O–H groups in total. The molecule has 1 aromatic heterocycles. The predicted octanol–water partition coefficient (Wildman–Crippen LogP) is 0.572. The third kappa shape index (κ3) is 5.59. The average molecular weight is 407 g/mol. The molecule has 0 atom stereocenters. The van der Waals surface area contributed by atoms with Gasteiger partial charge in [-0.05, 0) is 29.8 Å². The quantitative estimate of drug-likeness (QED) is 0.575. The minimum atomic E-state index is 0.548. The summed E-state index contributed by atoms with van der Waals surface area (Å²) in [4.78, 5) is 6.49. The molecule has 5 nitrogen and oxygen atoms in total. The fraction of sp³-hybridized carbons (Fsp3) is 0.320. The van der Waals surface area contributed by atoms with Crippen LogP contribution in [0.15, 0.2) is 73.1 Å². The lowest BCUT2D eigenvalue weighted by atomic mass is 10.1. The summed E-state index contributed by atoms with van der Waals surface area (Å²) in [6.07, 6.45) is 4.08. The molecule has 0 saturated carbocycles. The van der Waals surface area contributed by atoms with Gasteiger partial charge < -0.3 is 19.3 Å². The Kier molecular flexibility index (Phi) is 6.95. The van der Waals surface area contributed by atoms with Crippen LogP contribution in [0.1, 0.15) is 16.7 Å². The van der Waals surface area contributed by atoms with Crippen molar-refractivity contribution in [2.75, 3.05) is 33.3 Å². The number of quaternary nitrogens is 2. The summed E-state index contributed by atoms with van der Waals surface area (Å²) in [5.74, 6) is 1.61. The first-order valence-corrected chi connectivity index (χ1v) is 10.8. The van der Waals surface area contributed by atoms with Crippen LogP contribution in [0.3, 0.4) is 0 Å². The van der Waals surface area contributed by atoms with E-state index in [9.17, 15) is 0 Å². The molecule has 156 valence electrons. The highest BCUT2D eigenvalue weighted by Gasteiger charge is 2.24. The van der Waals surface area contributed by atoms with Gasteiger partial charge >= 0.3 is 0 Å². The monoisotopic (exact) mass is 406 g/mol. The van der Waals surface area contributed by atoms with Gasteiger partial charge in [0.15, 0.2) is 23.9 Å². The van der Waals surface area contributed by atoms with Crippen LogP contribution in [-0.4, -0.2) is 33.3 Å². The van der Waals surface area contributed by atoms with Crippen LogP contribution in [0.25, 0.3) is 0 Å². The Morgan fingerprint density at radius 3 is 2.13 bits per heavy atom. The molecule has 0 spiro atoms. The molecule has 1 fully saturated rings. The smallest absolute Gasteiger partial charge is 0.175 e. The van der Waals surface area contributed by atoms with Crippen molar-refractivity contribution in [1.29, 1.82) is 0 Å². The van der Waals surface area contributed by atoms with E-state index in [0.717, 1.165) is 30.2 Å². The fourth-order valence-electron chi connectivity index (χ4n) is 4.11. The largest absolute Gasteiger partial charge is 0.493 e. The van der Waals surface area contributed by atoms with Gasteiger partial charge in [0.1, 0.15) is 45.9 Å². The zero-order chi connectivity index (χ0) is 20.6. The van der Waals surface area contributed by atoms with Crippen molar-refractivity contribution in [2.24, 2.45) is 0 Å². The summed E-state index contributed by atoms with van der Waals surface area (Å²) in [6, 6.07) is 20.9. The van der Waals surface area contributed by atoms with Crippen molar-refractivity contribution in [1.82, 2.24) is 0 Å². The van der Waals surface area contributed by atoms with Gasteiger partial charge in [-0.3, -0.25) is 0 Å². The van der Waals surface area contributed by atoms with E-state index >= 15 is 0 Å². The highest BCUT2D eigenvalue weighted by molar-refractivity contribution is 5.43. The molecule has 0 aliphatic carbocycles. The van der Waals surface area contributed by atoms with Crippen molar-refractivity contribution < 1.29 is 24.3 Å². The fourth-order valence-corrected chi connectivity index (χ4v) is 4.11. The molecule has 2 heterocycles. The van der Waals surface area contributed by atoms with Crippen LogP contribution >= 0.6 is 0 Å². The van der Waals surface area contributed by atoms with Gasteiger partial charge in [-0.25, -0.2) is 4.98 Å². The number of piperazine rings is 1. The van der Waals surface area contributed by atoms with Crippen LogP contribution < -0.4 is 24.3 Å². The number of pyridine rings is 1. The maximum absolute atomic E-state index is 6.09. The van der Waals surface area contributed by atoms with Gasteiger partial charge in [-0.2, -0.15) is 0 Å². The molecule has 30 heavy (non-hydrogen) atoms.